The normalized spacial score (nSPS) is 22.4. The average Bonchev–Trinajstić information content (AvgIpc) is 3.04. The molecule has 1 saturated heterocycles. The first-order valence-electron chi connectivity index (χ1n) is 9.43. The number of allylic oxidation sites excluding steroid dienone is 3. The van der Waals surface area contributed by atoms with Crippen LogP contribution < -0.4 is 11.1 Å². The van der Waals surface area contributed by atoms with Gasteiger partial charge in [-0.2, -0.15) is 0 Å². The fourth-order valence-electron chi connectivity index (χ4n) is 3.92. The van der Waals surface area contributed by atoms with E-state index in [0.717, 1.165) is 41.2 Å². The van der Waals surface area contributed by atoms with Gasteiger partial charge in [0.25, 0.3) is 0 Å². The number of carbonyl (C=O) groups excluding carboxylic acids is 1. The first-order chi connectivity index (χ1) is 13.2. The summed E-state index contributed by atoms with van der Waals surface area (Å²) in [7, 11) is 0. The molecule has 0 amide bonds. The van der Waals surface area contributed by atoms with E-state index < -0.39 is 0 Å². The lowest BCUT2D eigenvalue weighted by Gasteiger charge is -2.25. The number of thioether (sulfide) groups is 1. The number of nitrogens with one attached hydrogen (secondary N) is 1. The summed E-state index contributed by atoms with van der Waals surface area (Å²) in [6.07, 6.45) is 4.72. The quantitative estimate of drug-likeness (QED) is 0.779. The van der Waals surface area contributed by atoms with E-state index in [0.29, 0.717) is 11.2 Å². The molecule has 2 aliphatic rings. The van der Waals surface area contributed by atoms with Crippen LogP contribution in [0.4, 0.5) is 0 Å². The lowest BCUT2D eigenvalue weighted by Crippen LogP contribution is -2.38. The molecule has 27 heavy (non-hydrogen) atoms. The zero-order valence-corrected chi connectivity index (χ0v) is 16.0. The first kappa shape index (κ1) is 18.1. The number of rotatable bonds is 5. The maximum atomic E-state index is 13.2. The Bertz CT molecular complexity index is 821. The Kier molecular flexibility index (Phi) is 5.46. The summed E-state index contributed by atoms with van der Waals surface area (Å²) in [4.78, 5) is 14.2. The number of carbonyl (C=O) groups is 1. The number of hydrogen-bond acceptors (Lipinski definition) is 4. The van der Waals surface area contributed by atoms with Crippen molar-refractivity contribution >= 4 is 17.5 Å². The Morgan fingerprint density at radius 2 is 1.70 bits per heavy atom. The van der Waals surface area contributed by atoms with E-state index in [1.807, 2.05) is 66.7 Å². The van der Waals surface area contributed by atoms with E-state index in [1.165, 1.54) is 0 Å². The van der Waals surface area contributed by atoms with Crippen molar-refractivity contribution in [2.75, 3.05) is 13.1 Å². The molecule has 0 aromatic heterocycles. The summed E-state index contributed by atoms with van der Waals surface area (Å²) in [5.74, 6) is 0.229. The van der Waals surface area contributed by atoms with Gasteiger partial charge in [0, 0.05) is 28.3 Å². The van der Waals surface area contributed by atoms with Gasteiger partial charge in [0.1, 0.15) is 0 Å². The second-order valence-electron chi connectivity index (χ2n) is 7.07. The van der Waals surface area contributed by atoms with E-state index >= 15 is 0 Å². The van der Waals surface area contributed by atoms with Crippen molar-refractivity contribution in [3.63, 3.8) is 0 Å². The number of fused-ring (bicyclic) bond motifs is 1. The van der Waals surface area contributed by atoms with Crippen molar-refractivity contribution in [1.29, 1.82) is 0 Å². The van der Waals surface area contributed by atoms with Gasteiger partial charge < -0.3 is 11.1 Å². The number of ketones is 1. The van der Waals surface area contributed by atoms with Crippen LogP contribution in [0.1, 0.15) is 23.5 Å². The highest BCUT2D eigenvalue weighted by Crippen LogP contribution is 2.43. The molecule has 3 N–H and O–H groups in total. The molecule has 2 atom stereocenters. The van der Waals surface area contributed by atoms with Crippen LogP contribution in [0.25, 0.3) is 0 Å². The maximum absolute atomic E-state index is 13.2. The lowest BCUT2D eigenvalue weighted by molar-refractivity contribution is -0.115. The third-order valence-electron chi connectivity index (χ3n) is 5.34. The molecule has 4 heteroatoms. The van der Waals surface area contributed by atoms with Gasteiger partial charge in [-0.1, -0.05) is 60.7 Å². The molecule has 2 aliphatic heterocycles. The van der Waals surface area contributed by atoms with E-state index in [1.54, 1.807) is 17.8 Å². The highest BCUT2D eigenvalue weighted by atomic mass is 32.2. The molecule has 0 spiro atoms. The van der Waals surface area contributed by atoms with Crippen molar-refractivity contribution in [3.05, 3.63) is 94.5 Å². The number of hydrogen-bond donors (Lipinski definition) is 2. The van der Waals surface area contributed by atoms with Gasteiger partial charge in [0.15, 0.2) is 5.78 Å². The molecule has 2 aromatic rings. The van der Waals surface area contributed by atoms with Gasteiger partial charge in [-0.3, -0.25) is 4.79 Å². The van der Waals surface area contributed by atoms with Gasteiger partial charge in [-0.15, -0.1) is 11.8 Å². The first-order valence-corrected chi connectivity index (χ1v) is 10.3. The molecule has 0 radical (unpaired) electrons. The van der Waals surface area contributed by atoms with Crippen LogP contribution >= 0.6 is 11.8 Å². The van der Waals surface area contributed by atoms with Gasteiger partial charge >= 0.3 is 0 Å². The molecule has 1 fully saturated rings. The van der Waals surface area contributed by atoms with Crippen LogP contribution in [0.5, 0.6) is 0 Å². The average molecular weight is 377 g/mol. The fourth-order valence-corrected chi connectivity index (χ4v) is 5.33. The van der Waals surface area contributed by atoms with E-state index in [4.69, 9.17) is 5.73 Å². The number of benzene rings is 2. The number of piperidine rings is 1. The Morgan fingerprint density at radius 3 is 2.30 bits per heavy atom. The topological polar surface area (TPSA) is 55.1 Å². The summed E-state index contributed by atoms with van der Waals surface area (Å²) in [5, 5.41) is 3.92. The van der Waals surface area contributed by atoms with E-state index in [-0.39, 0.29) is 11.7 Å². The van der Waals surface area contributed by atoms with Crippen molar-refractivity contribution in [2.24, 2.45) is 11.7 Å². The third-order valence-corrected chi connectivity index (χ3v) is 6.76. The Balaban J connectivity index is 1.59. The van der Waals surface area contributed by atoms with Crippen molar-refractivity contribution < 1.29 is 4.79 Å². The molecule has 0 bridgehead atoms. The molecule has 3 nitrogen and oxygen atoms in total. The molecular formula is C23H24N2OS. The highest BCUT2D eigenvalue weighted by Gasteiger charge is 2.35. The summed E-state index contributed by atoms with van der Waals surface area (Å²) >= 11 is 1.80. The summed E-state index contributed by atoms with van der Waals surface area (Å²) in [6.45, 7) is 2.00. The smallest absolute Gasteiger partial charge is 0.167 e. The largest absolute Gasteiger partial charge is 0.401 e. The predicted molar refractivity (Wildman–Crippen MR) is 112 cm³/mol. The molecule has 2 aromatic carbocycles. The minimum Gasteiger partial charge on any atom is -0.401 e. The summed E-state index contributed by atoms with van der Waals surface area (Å²) in [5.41, 5.74) is 9.36. The third kappa shape index (κ3) is 3.87. The second-order valence-corrected chi connectivity index (χ2v) is 8.35. The molecule has 2 heterocycles. The SMILES string of the molecule is NC1=C(/C=C/C(=O)C(c2ccccc2)c2ccccc2)SC2CNCCC12. The van der Waals surface area contributed by atoms with Crippen LogP contribution in [-0.4, -0.2) is 24.1 Å². The highest BCUT2D eigenvalue weighted by molar-refractivity contribution is 8.04. The van der Waals surface area contributed by atoms with Gasteiger partial charge in [-0.05, 0) is 36.2 Å². The van der Waals surface area contributed by atoms with Crippen molar-refractivity contribution in [3.8, 4) is 0 Å². The van der Waals surface area contributed by atoms with Gasteiger partial charge in [0.05, 0.1) is 5.92 Å². The van der Waals surface area contributed by atoms with Crippen LogP contribution in [0.15, 0.2) is 83.4 Å². The fraction of sp³-hybridized carbons (Fsp3) is 0.261. The lowest BCUT2D eigenvalue weighted by atomic mass is 9.87. The molecule has 0 aliphatic carbocycles. The van der Waals surface area contributed by atoms with Crippen LogP contribution in [0, 0.1) is 5.92 Å². The maximum Gasteiger partial charge on any atom is 0.167 e. The summed E-state index contributed by atoms with van der Waals surface area (Å²) < 4.78 is 0. The second kappa shape index (κ2) is 8.15. The molecular weight excluding hydrogens is 352 g/mol. The van der Waals surface area contributed by atoms with Crippen molar-refractivity contribution in [2.45, 2.75) is 17.6 Å². The molecule has 0 saturated carbocycles. The Labute approximate surface area is 164 Å². The van der Waals surface area contributed by atoms with E-state index in [2.05, 4.69) is 5.32 Å². The standard InChI is InChI=1S/C23H24N2OS/c24-23-18-13-14-25-15-21(18)27-20(23)12-11-19(26)22(16-7-3-1-4-8-16)17-9-5-2-6-10-17/h1-12,18,21-22,25H,13-15,24H2/b12-11+. The zero-order chi connectivity index (χ0) is 18.6. The number of nitrogens with two attached hydrogens (primary N) is 1. The molecule has 138 valence electrons. The van der Waals surface area contributed by atoms with Gasteiger partial charge in [0.2, 0.25) is 0 Å². The van der Waals surface area contributed by atoms with E-state index in [9.17, 15) is 4.79 Å². The van der Waals surface area contributed by atoms with Crippen LogP contribution in [0.2, 0.25) is 0 Å². The minimum absolute atomic E-state index is 0.0845. The van der Waals surface area contributed by atoms with Gasteiger partial charge in [-0.25, -0.2) is 0 Å². The van der Waals surface area contributed by atoms with Crippen LogP contribution in [-0.2, 0) is 4.79 Å². The predicted octanol–water partition coefficient (Wildman–Crippen LogP) is 3.84. The monoisotopic (exact) mass is 376 g/mol. The Morgan fingerprint density at radius 1 is 1.07 bits per heavy atom. The Hall–Kier alpha value is -2.30. The minimum atomic E-state index is -0.291. The zero-order valence-electron chi connectivity index (χ0n) is 15.2. The van der Waals surface area contributed by atoms with Crippen molar-refractivity contribution in [1.82, 2.24) is 5.32 Å². The summed E-state index contributed by atoms with van der Waals surface area (Å²) in [6, 6.07) is 19.9. The van der Waals surface area contributed by atoms with Crippen LogP contribution in [0.3, 0.4) is 0 Å². The molecule has 4 rings (SSSR count). The molecule has 2 unspecified atom stereocenters.